The van der Waals surface area contributed by atoms with Crippen molar-refractivity contribution in [3.05, 3.63) is 0 Å². The second-order valence-corrected chi connectivity index (χ2v) is 7.38. The van der Waals surface area contributed by atoms with Crippen LogP contribution in [-0.2, 0) is 4.79 Å². The Morgan fingerprint density at radius 2 is 1.69 bits per heavy atom. The fourth-order valence-corrected chi connectivity index (χ4v) is 5.85. The van der Waals surface area contributed by atoms with Gasteiger partial charge < -0.3 is 0 Å². The molecule has 4 saturated carbocycles. The molecule has 0 aromatic rings. The van der Waals surface area contributed by atoms with E-state index in [0.29, 0.717) is 10.8 Å². The van der Waals surface area contributed by atoms with Gasteiger partial charge in [-0.3, -0.25) is 10.2 Å². The second-order valence-electron chi connectivity index (χ2n) is 7.38. The summed E-state index contributed by atoms with van der Waals surface area (Å²) in [5, 5.41) is 0. The Hall–Kier alpha value is -0.570. The largest absolute Gasteiger partial charge is 0.294 e. The van der Waals surface area contributed by atoms with Gasteiger partial charge >= 0.3 is 0 Å². The third-order valence-electron chi connectivity index (χ3n) is 5.24. The Balaban J connectivity index is 2.01. The number of hydrazine groups is 1. The van der Waals surface area contributed by atoms with Crippen LogP contribution < -0.4 is 11.3 Å². The third-order valence-corrected chi connectivity index (χ3v) is 5.24. The molecule has 90 valence electrons. The van der Waals surface area contributed by atoms with Gasteiger partial charge in [0.15, 0.2) is 0 Å². The zero-order valence-electron chi connectivity index (χ0n) is 10.3. The monoisotopic (exact) mass is 222 g/mol. The van der Waals surface area contributed by atoms with Crippen molar-refractivity contribution in [1.82, 2.24) is 5.43 Å². The number of rotatable bonds is 1. The van der Waals surface area contributed by atoms with Gasteiger partial charge in [-0.25, -0.2) is 5.84 Å². The van der Waals surface area contributed by atoms with Crippen molar-refractivity contribution < 1.29 is 4.79 Å². The Morgan fingerprint density at radius 3 is 2.12 bits per heavy atom. The summed E-state index contributed by atoms with van der Waals surface area (Å²) in [4.78, 5) is 12.1. The molecule has 4 bridgehead atoms. The summed E-state index contributed by atoms with van der Waals surface area (Å²) in [6.45, 7) is 4.74. The van der Waals surface area contributed by atoms with E-state index in [-0.39, 0.29) is 11.3 Å². The number of nitrogens with two attached hydrogens (primary N) is 1. The maximum atomic E-state index is 12.1. The topological polar surface area (TPSA) is 55.1 Å². The lowest BCUT2D eigenvalue weighted by Gasteiger charge is -2.64. The highest BCUT2D eigenvalue weighted by Gasteiger charge is 2.62. The van der Waals surface area contributed by atoms with E-state index >= 15 is 0 Å². The highest BCUT2D eigenvalue weighted by Crippen LogP contribution is 2.69. The first-order chi connectivity index (χ1) is 7.39. The fraction of sp³-hybridized carbons (Fsp3) is 0.923. The van der Waals surface area contributed by atoms with Crippen molar-refractivity contribution in [2.45, 2.75) is 52.4 Å². The van der Waals surface area contributed by atoms with Gasteiger partial charge in [0, 0.05) is 0 Å². The molecule has 3 heteroatoms. The predicted molar refractivity (Wildman–Crippen MR) is 62.2 cm³/mol. The molecular weight excluding hydrogens is 200 g/mol. The highest BCUT2D eigenvalue weighted by molar-refractivity contribution is 5.82. The van der Waals surface area contributed by atoms with Crippen LogP contribution in [0.15, 0.2) is 0 Å². The molecule has 2 unspecified atom stereocenters. The van der Waals surface area contributed by atoms with E-state index in [9.17, 15) is 4.79 Å². The van der Waals surface area contributed by atoms with Gasteiger partial charge in [0.2, 0.25) is 5.91 Å². The molecule has 3 nitrogen and oxygen atoms in total. The van der Waals surface area contributed by atoms with Crippen molar-refractivity contribution in [3.63, 3.8) is 0 Å². The molecule has 4 aliphatic carbocycles. The van der Waals surface area contributed by atoms with E-state index in [1.54, 1.807) is 0 Å². The van der Waals surface area contributed by atoms with Gasteiger partial charge in [0.05, 0.1) is 5.41 Å². The molecule has 0 radical (unpaired) electrons. The van der Waals surface area contributed by atoms with E-state index in [2.05, 4.69) is 19.3 Å². The normalized spacial score (nSPS) is 54.1. The van der Waals surface area contributed by atoms with Gasteiger partial charge in [-0.1, -0.05) is 13.8 Å². The van der Waals surface area contributed by atoms with E-state index in [1.807, 2.05) is 0 Å². The van der Waals surface area contributed by atoms with Gasteiger partial charge in [0.25, 0.3) is 0 Å². The van der Waals surface area contributed by atoms with Crippen LogP contribution in [0.5, 0.6) is 0 Å². The fourth-order valence-electron chi connectivity index (χ4n) is 5.85. The SMILES string of the molecule is CC12CC3CC(C)(C1)CC(C(=O)NN)(C3)C2. The highest BCUT2D eigenvalue weighted by atomic mass is 16.2. The van der Waals surface area contributed by atoms with Crippen LogP contribution in [0.4, 0.5) is 0 Å². The third kappa shape index (κ3) is 1.27. The van der Waals surface area contributed by atoms with Crippen LogP contribution in [0.1, 0.15) is 52.4 Å². The van der Waals surface area contributed by atoms with E-state index in [1.165, 1.54) is 19.3 Å². The minimum atomic E-state index is -0.141. The summed E-state index contributed by atoms with van der Waals surface area (Å²) < 4.78 is 0. The molecule has 4 aliphatic rings. The van der Waals surface area contributed by atoms with Gasteiger partial charge in [-0.2, -0.15) is 0 Å². The van der Waals surface area contributed by atoms with Crippen molar-refractivity contribution in [1.29, 1.82) is 0 Å². The first-order valence-corrected chi connectivity index (χ1v) is 6.40. The minimum Gasteiger partial charge on any atom is -0.294 e. The van der Waals surface area contributed by atoms with Crippen LogP contribution in [0.3, 0.4) is 0 Å². The zero-order valence-corrected chi connectivity index (χ0v) is 10.3. The van der Waals surface area contributed by atoms with Gasteiger partial charge in [-0.05, 0) is 55.3 Å². The van der Waals surface area contributed by atoms with E-state index in [0.717, 1.165) is 25.2 Å². The lowest BCUT2D eigenvalue weighted by molar-refractivity contribution is -0.170. The Labute approximate surface area is 97.1 Å². The van der Waals surface area contributed by atoms with Crippen molar-refractivity contribution in [2.24, 2.45) is 28.0 Å². The van der Waals surface area contributed by atoms with E-state index in [4.69, 9.17) is 5.84 Å². The first kappa shape index (κ1) is 10.6. The minimum absolute atomic E-state index is 0.0917. The number of carbonyl (C=O) groups excluding carboxylic acids is 1. The molecule has 4 fully saturated rings. The Morgan fingerprint density at radius 1 is 1.12 bits per heavy atom. The van der Waals surface area contributed by atoms with Gasteiger partial charge in [0.1, 0.15) is 0 Å². The van der Waals surface area contributed by atoms with Crippen molar-refractivity contribution in [2.75, 3.05) is 0 Å². The summed E-state index contributed by atoms with van der Waals surface area (Å²) in [5.74, 6) is 6.23. The zero-order chi connectivity index (χ0) is 11.6. The summed E-state index contributed by atoms with van der Waals surface area (Å²) in [5.41, 5.74) is 3.06. The van der Waals surface area contributed by atoms with Crippen LogP contribution in [0.2, 0.25) is 0 Å². The van der Waals surface area contributed by atoms with Crippen LogP contribution in [0, 0.1) is 22.2 Å². The molecule has 0 aliphatic heterocycles. The molecule has 0 aromatic carbocycles. The molecule has 16 heavy (non-hydrogen) atoms. The smallest absolute Gasteiger partial charge is 0.240 e. The molecule has 3 N–H and O–H groups in total. The molecule has 4 rings (SSSR count). The van der Waals surface area contributed by atoms with Crippen LogP contribution in [0.25, 0.3) is 0 Å². The summed E-state index contributed by atoms with van der Waals surface area (Å²) >= 11 is 0. The second kappa shape index (κ2) is 2.81. The Bertz CT molecular complexity index is 334. The van der Waals surface area contributed by atoms with Crippen LogP contribution in [-0.4, -0.2) is 5.91 Å². The summed E-state index contributed by atoms with van der Waals surface area (Å²) in [6.07, 6.45) is 7.12. The quantitative estimate of drug-likeness (QED) is 0.405. The summed E-state index contributed by atoms with van der Waals surface area (Å²) in [6, 6.07) is 0. The maximum Gasteiger partial charge on any atom is 0.240 e. The number of hydrogen-bond donors (Lipinski definition) is 2. The van der Waals surface area contributed by atoms with Crippen molar-refractivity contribution >= 4 is 5.91 Å². The predicted octanol–water partition coefficient (Wildman–Crippen LogP) is 1.97. The number of amides is 1. The lowest BCUT2D eigenvalue weighted by Crippen LogP contribution is -2.60. The average molecular weight is 222 g/mol. The molecular formula is C13H22N2O. The maximum absolute atomic E-state index is 12.1. The number of carbonyl (C=O) groups is 1. The van der Waals surface area contributed by atoms with Crippen LogP contribution >= 0.6 is 0 Å². The molecule has 0 heterocycles. The molecule has 0 aromatic heterocycles. The standard InChI is InChI=1S/C13H22N2O/c1-11-3-9-4-12(2,6-11)8-13(5-9,7-11)10(16)15-14/h9H,3-8,14H2,1-2H3,(H,15,16). The Kier molecular flexibility index (Phi) is 1.86. The summed E-state index contributed by atoms with van der Waals surface area (Å²) in [7, 11) is 0. The number of nitrogens with one attached hydrogen (secondary N) is 1. The lowest BCUT2D eigenvalue weighted by atomic mass is 9.40. The first-order valence-electron chi connectivity index (χ1n) is 6.40. The molecule has 0 saturated heterocycles. The average Bonchev–Trinajstić information content (AvgIpc) is 2.10. The van der Waals surface area contributed by atoms with Crippen molar-refractivity contribution in [3.8, 4) is 0 Å². The van der Waals surface area contributed by atoms with E-state index < -0.39 is 0 Å². The molecule has 1 amide bonds. The van der Waals surface area contributed by atoms with Gasteiger partial charge in [-0.15, -0.1) is 0 Å². The molecule has 0 spiro atoms. The number of hydrogen-bond acceptors (Lipinski definition) is 2. The molecule has 2 atom stereocenters.